The molecule has 0 aromatic heterocycles. The summed E-state index contributed by atoms with van der Waals surface area (Å²) in [6.07, 6.45) is 3.07. The number of nitrogens with one attached hydrogen (secondary N) is 2. The van der Waals surface area contributed by atoms with Crippen molar-refractivity contribution in [1.29, 1.82) is 0 Å². The van der Waals surface area contributed by atoms with E-state index < -0.39 is 17.3 Å². The molecule has 1 aliphatic carbocycles. The summed E-state index contributed by atoms with van der Waals surface area (Å²) in [7, 11) is 0. The maximum Gasteiger partial charge on any atom is 0.319 e. The zero-order valence-corrected chi connectivity index (χ0v) is 13.9. The minimum Gasteiger partial charge on any atom is -0.480 e. The molecule has 134 valence electrons. The van der Waals surface area contributed by atoms with Gasteiger partial charge >= 0.3 is 5.97 Å². The van der Waals surface area contributed by atoms with Crippen molar-refractivity contribution in [2.45, 2.75) is 38.1 Å². The van der Waals surface area contributed by atoms with Gasteiger partial charge < -0.3 is 20.5 Å². The van der Waals surface area contributed by atoms with E-state index in [1.165, 1.54) is 0 Å². The summed E-state index contributed by atoms with van der Waals surface area (Å²) in [5, 5.41) is 14.9. The standard InChI is InChI=1S/C18H22N2O5/c21-15(19-14-6-10-25-11-7-14)12-2-4-13(5-3-12)20-16(22)18(17(23)24)8-1-9-18/h2-5,14H,1,6-11H2,(H,19,21)(H,20,22)(H,23,24). The number of rotatable bonds is 5. The molecule has 3 N–H and O–H groups in total. The quantitative estimate of drug-likeness (QED) is 0.705. The summed E-state index contributed by atoms with van der Waals surface area (Å²) in [6, 6.07) is 6.60. The van der Waals surface area contributed by atoms with Gasteiger partial charge in [0.05, 0.1) is 0 Å². The Morgan fingerprint density at radius 1 is 1.08 bits per heavy atom. The Balaban J connectivity index is 1.59. The van der Waals surface area contributed by atoms with Crippen molar-refractivity contribution < 1.29 is 24.2 Å². The lowest BCUT2D eigenvalue weighted by molar-refractivity contribution is -0.159. The lowest BCUT2D eigenvalue weighted by Gasteiger charge is -2.35. The molecule has 7 heteroatoms. The maximum atomic E-state index is 12.3. The number of carbonyl (C=O) groups is 3. The van der Waals surface area contributed by atoms with Gasteiger partial charge in [0.2, 0.25) is 5.91 Å². The number of carbonyl (C=O) groups excluding carboxylic acids is 2. The van der Waals surface area contributed by atoms with Crippen molar-refractivity contribution in [3.63, 3.8) is 0 Å². The zero-order valence-electron chi connectivity index (χ0n) is 13.9. The molecule has 2 amide bonds. The summed E-state index contributed by atoms with van der Waals surface area (Å²) in [5.41, 5.74) is -0.319. The van der Waals surface area contributed by atoms with Crippen LogP contribution in [0.1, 0.15) is 42.5 Å². The van der Waals surface area contributed by atoms with Crippen LogP contribution in [0.4, 0.5) is 5.69 Å². The molecule has 1 saturated heterocycles. The summed E-state index contributed by atoms with van der Waals surface area (Å²) < 4.78 is 5.26. The third-order valence-corrected chi connectivity index (χ3v) is 5.01. The van der Waals surface area contributed by atoms with Gasteiger partial charge in [0, 0.05) is 30.5 Å². The highest BCUT2D eigenvalue weighted by Gasteiger charge is 2.51. The van der Waals surface area contributed by atoms with Crippen LogP contribution in [0.15, 0.2) is 24.3 Å². The molecule has 1 heterocycles. The van der Waals surface area contributed by atoms with Gasteiger partial charge in [0.1, 0.15) is 5.41 Å². The van der Waals surface area contributed by atoms with Crippen molar-refractivity contribution in [1.82, 2.24) is 5.32 Å². The monoisotopic (exact) mass is 346 g/mol. The molecular weight excluding hydrogens is 324 g/mol. The Morgan fingerprint density at radius 3 is 2.24 bits per heavy atom. The summed E-state index contributed by atoms with van der Waals surface area (Å²) in [4.78, 5) is 35.8. The highest BCUT2D eigenvalue weighted by atomic mass is 16.5. The molecule has 3 rings (SSSR count). The smallest absolute Gasteiger partial charge is 0.319 e. The fourth-order valence-electron chi connectivity index (χ4n) is 3.13. The normalized spacial score (nSPS) is 19.5. The van der Waals surface area contributed by atoms with E-state index in [2.05, 4.69) is 10.6 Å². The van der Waals surface area contributed by atoms with Crippen LogP contribution in [0.2, 0.25) is 0 Å². The Bertz CT molecular complexity index is 661. The first-order valence-corrected chi connectivity index (χ1v) is 8.55. The second-order valence-corrected chi connectivity index (χ2v) is 6.63. The summed E-state index contributed by atoms with van der Waals surface area (Å²) in [5.74, 6) is -1.74. The Morgan fingerprint density at radius 2 is 1.72 bits per heavy atom. The van der Waals surface area contributed by atoms with E-state index in [0.29, 0.717) is 37.3 Å². The number of carboxylic acids is 1. The van der Waals surface area contributed by atoms with E-state index in [0.717, 1.165) is 19.3 Å². The topological polar surface area (TPSA) is 105 Å². The van der Waals surface area contributed by atoms with E-state index in [1.807, 2.05) is 0 Å². The van der Waals surface area contributed by atoms with Crippen LogP contribution < -0.4 is 10.6 Å². The van der Waals surface area contributed by atoms with Crippen LogP contribution in [-0.2, 0) is 14.3 Å². The van der Waals surface area contributed by atoms with Gasteiger partial charge in [0.25, 0.3) is 5.91 Å². The van der Waals surface area contributed by atoms with Crippen LogP contribution in [0.25, 0.3) is 0 Å². The second kappa shape index (κ2) is 7.23. The number of hydrogen-bond donors (Lipinski definition) is 3. The van der Waals surface area contributed by atoms with E-state index >= 15 is 0 Å². The van der Waals surface area contributed by atoms with Crippen LogP contribution in [0, 0.1) is 5.41 Å². The molecule has 1 aliphatic heterocycles. The average Bonchev–Trinajstić information content (AvgIpc) is 2.55. The number of amides is 2. The molecule has 2 aliphatic rings. The van der Waals surface area contributed by atoms with Crippen molar-refractivity contribution in [2.75, 3.05) is 18.5 Å². The predicted octanol–water partition coefficient (Wildman–Crippen LogP) is 1.79. The summed E-state index contributed by atoms with van der Waals surface area (Å²) >= 11 is 0. The molecule has 0 spiro atoms. The Hall–Kier alpha value is -2.41. The number of aliphatic carboxylic acids is 1. The highest BCUT2D eigenvalue weighted by molar-refractivity contribution is 6.09. The van der Waals surface area contributed by atoms with E-state index in [4.69, 9.17) is 4.74 Å². The molecule has 25 heavy (non-hydrogen) atoms. The molecular formula is C18H22N2O5. The fourth-order valence-corrected chi connectivity index (χ4v) is 3.13. The molecule has 0 radical (unpaired) electrons. The molecule has 1 aromatic carbocycles. The zero-order chi connectivity index (χ0) is 17.9. The van der Waals surface area contributed by atoms with Gasteiger partial charge in [-0.1, -0.05) is 6.42 Å². The SMILES string of the molecule is O=C(NC1CCOCC1)c1ccc(NC(=O)C2(C(=O)O)CCC2)cc1. The van der Waals surface area contributed by atoms with E-state index in [9.17, 15) is 19.5 Å². The maximum absolute atomic E-state index is 12.3. The first-order valence-electron chi connectivity index (χ1n) is 8.55. The Kier molecular flexibility index (Phi) is 5.03. The molecule has 1 aromatic rings. The number of carboxylic acid groups (broad SMARTS) is 1. The van der Waals surface area contributed by atoms with Gasteiger partial charge in [-0.2, -0.15) is 0 Å². The molecule has 0 unspecified atom stereocenters. The molecule has 0 atom stereocenters. The first-order chi connectivity index (χ1) is 12.0. The largest absolute Gasteiger partial charge is 0.480 e. The third-order valence-electron chi connectivity index (χ3n) is 5.01. The van der Waals surface area contributed by atoms with Crippen molar-refractivity contribution >= 4 is 23.5 Å². The lowest BCUT2D eigenvalue weighted by Crippen LogP contribution is -2.48. The predicted molar refractivity (Wildman–Crippen MR) is 90.3 cm³/mol. The Labute approximate surface area is 145 Å². The van der Waals surface area contributed by atoms with Crippen LogP contribution >= 0.6 is 0 Å². The fraction of sp³-hybridized carbons (Fsp3) is 0.500. The van der Waals surface area contributed by atoms with Gasteiger partial charge in [-0.05, 0) is 49.9 Å². The van der Waals surface area contributed by atoms with Crippen molar-refractivity contribution in [2.24, 2.45) is 5.41 Å². The van der Waals surface area contributed by atoms with Gasteiger partial charge in [-0.25, -0.2) is 0 Å². The third kappa shape index (κ3) is 3.66. The molecule has 0 bridgehead atoms. The second-order valence-electron chi connectivity index (χ2n) is 6.63. The minimum atomic E-state index is -1.31. The average molecular weight is 346 g/mol. The van der Waals surface area contributed by atoms with E-state index in [-0.39, 0.29) is 11.9 Å². The molecule has 2 fully saturated rings. The number of hydrogen-bond acceptors (Lipinski definition) is 4. The van der Waals surface area contributed by atoms with Crippen molar-refractivity contribution in [3.8, 4) is 0 Å². The van der Waals surface area contributed by atoms with Gasteiger partial charge in [-0.3, -0.25) is 14.4 Å². The number of benzene rings is 1. The molecule has 1 saturated carbocycles. The number of ether oxygens (including phenoxy) is 1. The van der Waals surface area contributed by atoms with Crippen LogP contribution in [0.3, 0.4) is 0 Å². The highest BCUT2D eigenvalue weighted by Crippen LogP contribution is 2.42. The first kappa shape index (κ1) is 17.4. The van der Waals surface area contributed by atoms with Gasteiger partial charge in [0.15, 0.2) is 0 Å². The summed E-state index contributed by atoms with van der Waals surface area (Å²) in [6.45, 7) is 1.31. The van der Waals surface area contributed by atoms with Crippen LogP contribution in [-0.4, -0.2) is 42.1 Å². The van der Waals surface area contributed by atoms with E-state index in [1.54, 1.807) is 24.3 Å². The van der Waals surface area contributed by atoms with Gasteiger partial charge in [-0.15, -0.1) is 0 Å². The van der Waals surface area contributed by atoms with Crippen molar-refractivity contribution in [3.05, 3.63) is 29.8 Å². The van der Waals surface area contributed by atoms with Crippen LogP contribution in [0.5, 0.6) is 0 Å². The lowest BCUT2D eigenvalue weighted by atomic mass is 9.68. The number of anilines is 1. The molecule has 7 nitrogen and oxygen atoms in total. The minimum absolute atomic E-state index is 0.120.